The fourth-order valence-corrected chi connectivity index (χ4v) is 3.87. The molecule has 2 aromatic heterocycles. The van der Waals surface area contributed by atoms with E-state index in [2.05, 4.69) is 15.3 Å². The molecule has 0 bridgehead atoms. The molecule has 0 radical (unpaired) electrons. The van der Waals surface area contributed by atoms with Crippen LogP contribution in [0.15, 0.2) is 58.5 Å². The third-order valence-corrected chi connectivity index (χ3v) is 5.48. The lowest BCUT2D eigenvalue weighted by atomic mass is 9.99. The Bertz CT molecular complexity index is 1290. The summed E-state index contributed by atoms with van der Waals surface area (Å²) in [6.45, 7) is 4.36. The van der Waals surface area contributed by atoms with E-state index in [4.69, 9.17) is 15.2 Å². The maximum Gasteiger partial charge on any atom is 0.264 e. The van der Waals surface area contributed by atoms with E-state index in [1.165, 1.54) is 0 Å². The van der Waals surface area contributed by atoms with Crippen LogP contribution < -0.4 is 21.3 Å². The number of hydrogen-bond acceptors (Lipinski definition) is 7. The second kappa shape index (κ2) is 8.91. The number of nitrogens with one attached hydrogen (secondary N) is 1. The summed E-state index contributed by atoms with van der Waals surface area (Å²) in [5.41, 5.74) is 9.20. The molecule has 3 aromatic rings. The van der Waals surface area contributed by atoms with Crippen LogP contribution in [0.1, 0.15) is 25.0 Å². The van der Waals surface area contributed by atoms with Crippen molar-refractivity contribution in [2.45, 2.75) is 19.6 Å². The van der Waals surface area contributed by atoms with Crippen LogP contribution in [-0.2, 0) is 4.74 Å². The minimum atomic E-state index is -0.747. The quantitative estimate of drug-likeness (QED) is 0.443. The molecule has 0 saturated heterocycles. The highest BCUT2D eigenvalue weighted by Crippen LogP contribution is 2.33. The van der Waals surface area contributed by atoms with Gasteiger partial charge in [0.25, 0.3) is 5.56 Å². The van der Waals surface area contributed by atoms with Crippen molar-refractivity contribution in [3.63, 3.8) is 0 Å². The number of hydrogen-bond donors (Lipinski definition) is 2. The zero-order chi connectivity index (χ0) is 23.6. The number of benzene rings is 1. The molecule has 0 unspecified atom stereocenters. The van der Waals surface area contributed by atoms with Crippen LogP contribution in [0, 0.1) is 0 Å². The number of nitrogens with zero attached hydrogens (tertiary/aromatic N) is 3. The number of aliphatic imine (C=N–C) groups is 1. The van der Waals surface area contributed by atoms with Gasteiger partial charge in [-0.3, -0.25) is 14.4 Å². The molecular formula is C25H27N5O3. The highest BCUT2D eigenvalue weighted by molar-refractivity contribution is 5.89. The van der Waals surface area contributed by atoms with Gasteiger partial charge in [-0.2, -0.15) is 0 Å². The van der Waals surface area contributed by atoms with E-state index in [1.807, 2.05) is 44.2 Å². The molecule has 3 N–H and O–H groups in total. The van der Waals surface area contributed by atoms with Crippen molar-refractivity contribution in [3.8, 4) is 22.7 Å². The molecule has 0 spiro atoms. The van der Waals surface area contributed by atoms with Gasteiger partial charge in [0, 0.05) is 48.3 Å². The Kier molecular flexibility index (Phi) is 6.02. The summed E-state index contributed by atoms with van der Waals surface area (Å²) in [5.74, 6) is 1.09. The molecule has 8 heteroatoms. The molecular weight excluding hydrogens is 418 g/mol. The predicted octanol–water partition coefficient (Wildman–Crippen LogP) is 3.73. The standard InChI is InChI=1S/C25H27N5O3/c1-5-33-25(2)11-10-17-13-20(16-6-8-21(26)18(12-16)14-27-3)24(31)30(23(17)29-25)19-7-9-22(32-4)28-15-19/h6-15,29H,5,26H2,1-4H3/t25-/m0/s1. The molecule has 3 heterocycles. The summed E-state index contributed by atoms with van der Waals surface area (Å²) in [4.78, 5) is 22.2. The van der Waals surface area contributed by atoms with Crippen LogP contribution in [0.25, 0.3) is 22.9 Å². The Balaban J connectivity index is 1.97. The Morgan fingerprint density at radius 2 is 2.09 bits per heavy atom. The molecule has 0 fully saturated rings. The molecule has 0 aliphatic carbocycles. The average molecular weight is 446 g/mol. The lowest BCUT2D eigenvalue weighted by Gasteiger charge is -2.34. The highest BCUT2D eigenvalue weighted by atomic mass is 16.5. The number of ether oxygens (including phenoxy) is 2. The van der Waals surface area contributed by atoms with E-state index in [0.717, 1.165) is 16.7 Å². The van der Waals surface area contributed by atoms with Gasteiger partial charge in [-0.05, 0) is 49.8 Å². The van der Waals surface area contributed by atoms with E-state index in [0.29, 0.717) is 35.2 Å². The van der Waals surface area contributed by atoms with Crippen LogP contribution in [0.5, 0.6) is 5.88 Å². The van der Waals surface area contributed by atoms with E-state index in [9.17, 15) is 4.79 Å². The van der Waals surface area contributed by atoms with Gasteiger partial charge in [0.05, 0.1) is 19.0 Å². The zero-order valence-corrected chi connectivity index (χ0v) is 19.1. The minimum absolute atomic E-state index is 0.202. The second-order valence-corrected chi connectivity index (χ2v) is 7.79. The molecule has 1 aliphatic rings. The minimum Gasteiger partial charge on any atom is -0.481 e. The number of anilines is 2. The molecule has 4 rings (SSSR count). The van der Waals surface area contributed by atoms with Gasteiger partial charge >= 0.3 is 0 Å². The first-order valence-corrected chi connectivity index (χ1v) is 10.6. The van der Waals surface area contributed by atoms with Gasteiger partial charge < -0.3 is 20.5 Å². The fourth-order valence-electron chi connectivity index (χ4n) is 3.87. The monoisotopic (exact) mass is 445 g/mol. The number of rotatable bonds is 6. The van der Waals surface area contributed by atoms with Crippen LogP contribution in [0.2, 0.25) is 0 Å². The third kappa shape index (κ3) is 4.25. The molecule has 1 aliphatic heterocycles. The third-order valence-electron chi connectivity index (χ3n) is 5.48. The lowest BCUT2D eigenvalue weighted by Crippen LogP contribution is -2.40. The van der Waals surface area contributed by atoms with Crippen LogP contribution >= 0.6 is 0 Å². The average Bonchev–Trinajstić information content (AvgIpc) is 2.81. The van der Waals surface area contributed by atoms with Crippen molar-refractivity contribution in [2.75, 3.05) is 31.8 Å². The number of fused-ring (bicyclic) bond motifs is 1. The van der Waals surface area contributed by atoms with Crippen molar-refractivity contribution >= 4 is 23.8 Å². The highest BCUT2D eigenvalue weighted by Gasteiger charge is 2.29. The van der Waals surface area contributed by atoms with E-state index < -0.39 is 5.72 Å². The van der Waals surface area contributed by atoms with E-state index >= 15 is 0 Å². The van der Waals surface area contributed by atoms with Crippen molar-refractivity contribution in [1.82, 2.24) is 9.55 Å². The lowest BCUT2D eigenvalue weighted by molar-refractivity contribution is 0.0352. The molecule has 1 aromatic carbocycles. The van der Waals surface area contributed by atoms with Crippen molar-refractivity contribution < 1.29 is 9.47 Å². The second-order valence-electron chi connectivity index (χ2n) is 7.79. The smallest absolute Gasteiger partial charge is 0.264 e. The maximum absolute atomic E-state index is 13.9. The SMILES string of the molecule is CCO[C@@]1(C)C=Cc2cc(-c3ccc(N)c(C=NC)c3)c(=O)n(-c3ccc(OC)nc3)c2N1. The Labute approximate surface area is 192 Å². The number of pyridine rings is 2. The van der Waals surface area contributed by atoms with E-state index in [1.54, 1.807) is 49.3 Å². The first-order valence-electron chi connectivity index (χ1n) is 10.6. The molecule has 0 amide bonds. The topological polar surface area (TPSA) is 104 Å². The predicted molar refractivity (Wildman–Crippen MR) is 132 cm³/mol. The summed E-state index contributed by atoms with van der Waals surface area (Å²) < 4.78 is 12.7. The first-order chi connectivity index (χ1) is 15.9. The van der Waals surface area contributed by atoms with Crippen LogP contribution in [0.3, 0.4) is 0 Å². The summed E-state index contributed by atoms with van der Waals surface area (Å²) in [7, 11) is 3.23. The van der Waals surface area contributed by atoms with E-state index in [-0.39, 0.29) is 5.56 Å². The van der Waals surface area contributed by atoms with Crippen molar-refractivity contribution in [2.24, 2.45) is 4.99 Å². The Morgan fingerprint density at radius 3 is 2.76 bits per heavy atom. The number of nitrogen functional groups attached to an aromatic ring is 1. The zero-order valence-electron chi connectivity index (χ0n) is 19.1. The summed E-state index contributed by atoms with van der Waals surface area (Å²) in [5, 5.41) is 3.38. The maximum atomic E-state index is 13.9. The van der Waals surface area contributed by atoms with Gasteiger partial charge in [0.1, 0.15) is 5.82 Å². The van der Waals surface area contributed by atoms with Crippen LogP contribution in [-0.4, -0.2) is 42.3 Å². The molecule has 8 nitrogen and oxygen atoms in total. The number of methoxy groups -OCH3 is 1. The normalized spacial score (nSPS) is 17.1. The van der Waals surface area contributed by atoms with Gasteiger partial charge in [-0.15, -0.1) is 0 Å². The number of aromatic nitrogens is 2. The van der Waals surface area contributed by atoms with Gasteiger partial charge in [-0.1, -0.05) is 12.1 Å². The summed E-state index contributed by atoms with van der Waals surface area (Å²) in [6, 6.07) is 10.9. The van der Waals surface area contributed by atoms with Gasteiger partial charge in [-0.25, -0.2) is 4.98 Å². The molecule has 33 heavy (non-hydrogen) atoms. The molecule has 0 saturated carbocycles. The van der Waals surface area contributed by atoms with Crippen LogP contribution in [0.4, 0.5) is 11.5 Å². The largest absolute Gasteiger partial charge is 0.481 e. The van der Waals surface area contributed by atoms with Crippen molar-refractivity contribution in [1.29, 1.82) is 0 Å². The number of nitrogens with two attached hydrogens (primary N) is 1. The molecule has 170 valence electrons. The van der Waals surface area contributed by atoms with Gasteiger partial charge in [0.15, 0.2) is 5.72 Å². The summed E-state index contributed by atoms with van der Waals surface area (Å²) in [6.07, 6.45) is 7.20. The Hall–Kier alpha value is -3.91. The van der Waals surface area contributed by atoms with Crippen molar-refractivity contribution in [3.05, 3.63) is 70.2 Å². The van der Waals surface area contributed by atoms with Gasteiger partial charge in [0.2, 0.25) is 5.88 Å². The summed E-state index contributed by atoms with van der Waals surface area (Å²) >= 11 is 0. The fraction of sp³-hybridized carbons (Fsp3) is 0.240. The first kappa shape index (κ1) is 22.3. The molecule has 1 atom stereocenters. The Morgan fingerprint density at radius 1 is 1.27 bits per heavy atom.